The lowest BCUT2D eigenvalue weighted by Crippen LogP contribution is -2.12. The molecule has 0 saturated carbocycles. The number of aromatic amines is 1. The highest BCUT2D eigenvalue weighted by atomic mass is 16.3. The number of aliphatic hydroxyl groups excluding tert-OH is 1. The van der Waals surface area contributed by atoms with E-state index < -0.39 is 0 Å². The quantitative estimate of drug-likeness (QED) is 0.697. The van der Waals surface area contributed by atoms with Gasteiger partial charge < -0.3 is 10.1 Å². The third kappa shape index (κ3) is 2.29. The summed E-state index contributed by atoms with van der Waals surface area (Å²) >= 11 is 0. The molecule has 98 valence electrons. The summed E-state index contributed by atoms with van der Waals surface area (Å²) in [6.45, 7) is 0. The molecule has 0 bridgehead atoms. The Kier molecular flexibility index (Phi) is 3.01. The molecule has 2 heterocycles. The highest BCUT2D eigenvalue weighted by Gasteiger charge is 2.05. The molecule has 1 aromatic carbocycles. The van der Waals surface area contributed by atoms with Gasteiger partial charge in [0.1, 0.15) is 17.0 Å². The number of aromatic nitrogens is 3. The van der Waals surface area contributed by atoms with E-state index in [9.17, 15) is 9.90 Å². The molecule has 0 spiro atoms. The fraction of sp³-hybridized carbons (Fsp3) is 0. The Hall–Kier alpha value is -2.95. The van der Waals surface area contributed by atoms with Gasteiger partial charge in [0.05, 0.1) is 11.7 Å². The number of H-pyrrole nitrogens is 1. The zero-order valence-electron chi connectivity index (χ0n) is 10.4. The smallest absolute Gasteiger partial charge is 0.274 e. The Bertz CT molecular complexity index is 838. The molecule has 0 fully saturated rings. The van der Waals surface area contributed by atoms with Gasteiger partial charge in [-0.15, -0.1) is 0 Å². The van der Waals surface area contributed by atoms with Crippen molar-refractivity contribution in [3.63, 3.8) is 0 Å². The molecule has 2 aromatic heterocycles. The number of hydrogen-bond acceptors (Lipinski definition) is 4. The van der Waals surface area contributed by atoms with Crippen molar-refractivity contribution in [2.75, 3.05) is 0 Å². The van der Waals surface area contributed by atoms with Crippen molar-refractivity contribution < 1.29 is 5.11 Å². The largest absolute Gasteiger partial charge is 0.507 e. The molecule has 0 aliphatic rings. The van der Waals surface area contributed by atoms with E-state index in [1.807, 2.05) is 6.07 Å². The zero-order chi connectivity index (χ0) is 13.9. The van der Waals surface area contributed by atoms with E-state index in [-0.39, 0.29) is 17.0 Å². The minimum absolute atomic E-state index is 0.00756. The van der Waals surface area contributed by atoms with Crippen LogP contribution in [-0.2, 0) is 0 Å². The molecule has 5 nitrogen and oxygen atoms in total. The highest BCUT2D eigenvalue weighted by molar-refractivity contribution is 5.78. The summed E-state index contributed by atoms with van der Waals surface area (Å²) in [5, 5.41) is 10.0. The molecule has 0 aliphatic heterocycles. The van der Waals surface area contributed by atoms with Crippen LogP contribution in [0.1, 0.15) is 11.3 Å². The van der Waals surface area contributed by atoms with Crippen LogP contribution >= 0.6 is 0 Å². The summed E-state index contributed by atoms with van der Waals surface area (Å²) in [4.78, 5) is 22.8. The SMILES string of the molecule is O=c1[nH]c2ccncc2nc1/C=C(/O)c1ccccc1. The van der Waals surface area contributed by atoms with Crippen LogP contribution in [0.4, 0.5) is 0 Å². The average Bonchev–Trinajstić information content (AvgIpc) is 2.49. The van der Waals surface area contributed by atoms with Crippen molar-refractivity contribution in [2.24, 2.45) is 0 Å². The minimum atomic E-state index is -0.355. The zero-order valence-corrected chi connectivity index (χ0v) is 10.4. The van der Waals surface area contributed by atoms with Gasteiger partial charge in [-0.3, -0.25) is 9.78 Å². The van der Waals surface area contributed by atoms with E-state index in [0.717, 1.165) is 0 Å². The van der Waals surface area contributed by atoms with Gasteiger partial charge in [-0.05, 0) is 6.07 Å². The maximum absolute atomic E-state index is 11.9. The number of hydrogen-bond donors (Lipinski definition) is 2. The van der Waals surface area contributed by atoms with Crippen LogP contribution in [0.25, 0.3) is 22.9 Å². The Balaban J connectivity index is 2.11. The number of nitrogens with zero attached hydrogens (tertiary/aromatic N) is 2. The molecule has 0 atom stereocenters. The Morgan fingerprint density at radius 1 is 1.20 bits per heavy atom. The molecule has 3 aromatic rings. The van der Waals surface area contributed by atoms with Gasteiger partial charge in [-0.25, -0.2) is 4.98 Å². The maximum Gasteiger partial charge on any atom is 0.274 e. The fourth-order valence-corrected chi connectivity index (χ4v) is 1.87. The second-order valence-electron chi connectivity index (χ2n) is 4.24. The lowest BCUT2D eigenvalue weighted by atomic mass is 10.1. The molecule has 20 heavy (non-hydrogen) atoms. The summed E-state index contributed by atoms with van der Waals surface area (Å²) in [5.41, 5.74) is 1.60. The number of aliphatic hydroxyl groups is 1. The number of nitrogens with one attached hydrogen (secondary N) is 1. The topological polar surface area (TPSA) is 78.9 Å². The van der Waals surface area contributed by atoms with Gasteiger partial charge in [0.15, 0.2) is 0 Å². The summed E-state index contributed by atoms with van der Waals surface area (Å²) < 4.78 is 0. The molecular weight excluding hydrogens is 254 g/mol. The van der Waals surface area contributed by atoms with Gasteiger partial charge >= 0.3 is 0 Å². The molecule has 0 amide bonds. The van der Waals surface area contributed by atoms with Crippen molar-refractivity contribution in [2.45, 2.75) is 0 Å². The number of pyridine rings is 1. The van der Waals surface area contributed by atoms with Crippen LogP contribution in [0.15, 0.2) is 53.6 Å². The second-order valence-corrected chi connectivity index (χ2v) is 4.24. The molecule has 0 aliphatic carbocycles. The summed E-state index contributed by atoms with van der Waals surface area (Å²) in [6, 6.07) is 10.6. The van der Waals surface area contributed by atoms with E-state index >= 15 is 0 Å². The van der Waals surface area contributed by atoms with Crippen molar-refractivity contribution in [1.82, 2.24) is 15.0 Å². The normalized spacial score (nSPS) is 11.7. The van der Waals surface area contributed by atoms with E-state index in [4.69, 9.17) is 0 Å². The van der Waals surface area contributed by atoms with Crippen molar-refractivity contribution in [1.29, 1.82) is 0 Å². The molecular formula is C15H11N3O2. The summed E-state index contributed by atoms with van der Waals surface area (Å²) in [6.07, 6.45) is 4.49. The first kappa shape index (κ1) is 12.1. The standard InChI is InChI=1S/C15H11N3O2/c19-14(10-4-2-1-3-5-10)8-12-15(20)18-11-6-7-16-9-13(11)17-12/h1-9,19H,(H,18,20)/b14-8+. The lowest BCUT2D eigenvalue weighted by molar-refractivity contribution is 0.515. The monoisotopic (exact) mass is 265 g/mol. The molecule has 0 unspecified atom stereocenters. The third-order valence-corrected chi connectivity index (χ3v) is 2.86. The van der Waals surface area contributed by atoms with E-state index in [1.165, 1.54) is 6.08 Å². The first-order chi connectivity index (χ1) is 9.74. The van der Waals surface area contributed by atoms with Gasteiger partial charge in [0, 0.05) is 17.8 Å². The Morgan fingerprint density at radius 2 is 2.00 bits per heavy atom. The van der Waals surface area contributed by atoms with Crippen LogP contribution in [-0.4, -0.2) is 20.1 Å². The summed E-state index contributed by atoms with van der Waals surface area (Å²) in [7, 11) is 0. The van der Waals surface area contributed by atoms with Crippen molar-refractivity contribution in [3.05, 3.63) is 70.4 Å². The Labute approximate surface area is 114 Å². The fourth-order valence-electron chi connectivity index (χ4n) is 1.87. The van der Waals surface area contributed by atoms with Crippen LogP contribution in [0.5, 0.6) is 0 Å². The molecule has 5 heteroatoms. The molecule has 3 rings (SSSR count). The van der Waals surface area contributed by atoms with Gasteiger partial charge in [0.2, 0.25) is 0 Å². The van der Waals surface area contributed by atoms with Crippen LogP contribution in [0.2, 0.25) is 0 Å². The van der Waals surface area contributed by atoms with E-state index in [1.54, 1.807) is 42.7 Å². The van der Waals surface area contributed by atoms with Crippen LogP contribution < -0.4 is 5.56 Å². The predicted molar refractivity (Wildman–Crippen MR) is 77.1 cm³/mol. The van der Waals surface area contributed by atoms with Gasteiger partial charge in [-0.2, -0.15) is 0 Å². The predicted octanol–water partition coefficient (Wildman–Crippen LogP) is 2.37. The van der Waals surface area contributed by atoms with Gasteiger partial charge in [0.25, 0.3) is 5.56 Å². The first-order valence-electron chi connectivity index (χ1n) is 6.04. The molecule has 0 saturated heterocycles. The molecule has 0 radical (unpaired) electrons. The second kappa shape index (κ2) is 4.97. The molecule has 2 N–H and O–H groups in total. The maximum atomic E-state index is 11.9. The Morgan fingerprint density at radius 3 is 2.80 bits per heavy atom. The minimum Gasteiger partial charge on any atom is -0.507 e. The first-order valence-corrected chi connectivity index (χ1v) is 6.04. The lowest BCUT2D eigenvalue weighted by Gasteiger charge is -2.01. The van der Waals surface area contributed by atoms with E-state index in [2.05, 4.69) is 15.0 Å². The van der Waals surface area contributed by atoms with E-state index in [0.29, 0.717) is 16.6 Å². The van der Waals surface area contributed by atoms with Crippen molar-refractivity contribution >= 4 is 22.9 Å². The van der Waals surface area contributed by atoms with Gasteiger partial charge in [-0.1, -0.05) is 30.3 Å². The van der Waals surface area contributed by atoms with Crippen molar-refractivity contribution in [3.8, 4) is 0 Å². The number of rotatable bonds is 2. The van der Waals surface area contributed by atoms with Crippen LogP contribution in [0.3, 0.4) is 0 Å². The number of fused-ring (bicyclic) bond motifs is 1. The highest BCUT2D eigenvalue weighted by Crippen LogP contribution is 2.13. The average molecular weight is 265 g/mol. The van der Waals surface area contributed by atoms with Crippen LogP contribution in [0, 0.1) is 0 Å². The summed E-state index contributed by atoms with van der Waals surface area (Å²) in [5.74, 6) is -0.00756. The third-order valence-electron chi connectivity index (χ3n) is 2.86. The number of benzene rings is 1.